The van der Waals surface area contributed by atoms with Gasteiger partial charge in [-0.05, 0) is 13.0 Å². The van der Waals surface area contributed by atoms with E-state index in [-0.39, 0.29) is 5.69 Å². The lowest BCUT2D eigenvalue weighted by Gasteiger charge is -2.09. The van der Waals surface area contributed by atoms with Crippen molar-refractivity contribution >= 4 is 5.82 Å². The van der Waals surface area contributed by atoms with Gasteiger partial charge in [0.2, 0.25) is 0 Å². The van der Waals surface area contributed by atoms with Crippen LogP contribution in [0.5, 0.6) is 0 Å². The van der Waals surface area contributed by atoms with Crippen molar-refractivity contribution in [1.82, 2.24) is 19.7 Å². The minimum absolute atomic E-state index is 0.169. The van der Waals surface area contributed by atoms with Crippen LogP contribution in [0.1, 0.15) is 5.69 Å². The topological polar surface area (TPSA) is 92.5 Å². The van der Waals surface area contributed by atoms with Crippen molar-refractivity contribution in [2.24, 2.45) is 0 Å². The number of benzene rings is 1. The maximum atomic E-state index is 11.9. The SMILES string of the molecule is Cc1c[nH]c(=O)n1-c1ccccc1-c1cc(N)n[nH]1. The molecule has 0 unspecified atom stereocenters. The average molecular weight is 255 g/mol. The summed E-state index contributed by atoms with van der Waals surface area (Å²) in [4.78, 5) is 14.6. The van der Waals surface area contributed by atoms with Gasteiger partial charge in [-0.2, -0.15) is 5.10 Å². The molecule has 4 N–H and O–H groups in total. The predicted octanol–water partition coefficient (Wildman–Crippen LogP) is 1.45. The number of nitrogens with one attached hydrogen (secondary N) is 2. The van der Waals surface area contributed by atoms with Gasteiger partial charge in [-0.15, -0.1) is 0 Å². The number of aromatic amines is 2. The maximum absolute atomic E-state index is 11.9. The molecule has 0 radical (unpaired) electrons. The second kappa shape index (κ2) is 4.16. The zero-order chi connectivity index (χ0) is 13.4. The minimum Gasteiger partial charge on any atom is -0.382 e. The number of H-pyrrole nitrogens is 2. The fraction of sp³-hybridized carbons (Fsp3) is 0.0769. The zero-order valence-corrected chi connectivity index (χ0v) is 10.3. The molecule has 1 aromatic carbocycles. The highest BCUT2D eigenvalue weighted by Crippen LogP contribution is 2.25. The Labute approximate surface area is 108 Å². The smallest absolute Gasteiger partial charge is 0.330 e. The van der Waals surface area contributed by atoms with Crippen molar-refractivity contribution < 1.29 is 0 Å². The first-order valence-electron chi connectivity index (χ1n) is 5.84. The molecule has 0 bridgehead atoms. The molecule has 19 heavy (non-hydrogen) atoms. The maximum Gasteiger partial charge on any atom is 0.330 e. The molecule has 0 aliphatic heterocycles. The van der Waals surface area contributed by atoms with Gasteiger partial charge in [0.05, 0.1) is 11.4 Å². The van der Waals surface area contributed by atoms with Crippen LogP contribution in [-0.2, 0) is 0 Å². The minimum atomic E-state index is -0.169. The van der Waals surface area contributed by atoms with Crippen LogP contribution in [0.4, 0.5) is 5.82 Å². The Morgan fingerprint density at radius 2 is 2.11 bits per heavy atom. The highest BCUT2D eigenvalue weighted by Gasteiger charge is 2.12. The summed E-state index contributed by atoms with van der Waals surface area (Å²) in [6.45, 7) is 1.87. The number of nitrogens with two attached hydrogens (primary N) is 1. The number of hydrogen-bond acceptors (Lipinski definition) is 3. The largest absolute Gasteiger partial charge is 0.382 e. The van der Waals surface area contributed by atoms with Crippen LogP contribution < -0.4 is 11.4 Å². The second-order valence-electron chi connectivity index (χ2n) is 4.29. The van der Waals surface area contributed by atoms with Crippen LogP contribution in [0.3, 0.4) is 0 Å². The Morgan fingerprint density at radius 1 is 1.32 bits per heavy atom. The Bertz CT molecular complexity index is 780. The van der Waals surface area contributed by atoms with Gasteiger partial charge in [0.1, 0.15) is 5.82 Å². The molecule has 96 valence electrons. The quantitative estimate of drug-likeness (QED) is 0.647. The first-order valence-corrected chi connectivity index (χ1v) is 5.84. The predicted molar refractivity (Wildman–Crippen MR) is 73.1 cm³/mol. The van der Waals surface area contributed by atoms with Crippen molar-refractivity contribution in [2.45, 2.75) is 6.92 Å². The molecule has 3 aromatic rings. The van der Waals surface area contributed by atoms with E-state index in [1.807, 2.05) is 31.2 Å². The lowest BCUT2D eigenvalue weighted by Crippen LogP contribution is -2.16. The standard InChI is InChI=1S/C13H13N5O/c1-8-7-15-13(19)18(8)11-5-3-2-4-9(11)10-6-12(14)17-16-10/h2-7H,1H3,(H,15,19)(H3,14,16,17). The first kappa shape index (κ1) is 11.3. The van der Waals surface area contributed by atoms with E-state index in [1.165, 1.54) is 0 Å². The third kappa shape index (κ3) is 1.83. The fourth-order valence-corrected chi connectivity index (χ4v) is 2.13. The molecule has 0 fully saturated rings. The van der Waals surface area contributed by atoms with Gasteiger partial charge in [-0.3, -0.25) is 9.67 Å². The Balaban J connectivity index is 2.26. The van der Waals surface area contributed by atoms with E-state index >= 15 is 0 Å². The van der Waals surface area contributed by atoms with Gasteiger partial charge in [0.25, 0.3) is 0 Å². The zero-order valence-electron chi connectivity index (χ0n) is 10.3. The van der Waals surface area contributed by atoms with E-state index in [2.05, 4.69) is 15.2 Å². The number of nitrogen functional groups attached to an aromatic ring is 1. The van der Waals surface area contributed by atoms with E-state index in [0.717, 1.165) is 22.6 Å². The van der Waals surface area contributed by atoms with E-state index < -0.39 is 0 Å². The average Bonchev–Trinajstić information content (AvgIpc) is 2.96. The van der Waals surface area contributed by atoms with Gasteiger partial charge in [-0.1, -0.05) is 18.2 Å². The summed E-state index contributed by atoms with van der Waals surface area (Å²) in [6.07, 6.45) is 1.68. The van der Waals surface area contributed by atoms with E-state index in [0.29, 0.717) is 5.82 Å². The molecule has 0 saturated heterocycles. The molecule has 0 aliphatic rings. The summed E-state index contributed by atoms with van der Waals surface area (Å²) in [5.74, 6) is 0.419. The number of imidazole rings is 1. The second-order valence-corrected chi connectivity index (χ2v) is 4.29. The number of hydrogen-bond donors (Lipinski definition) is 3. The monoisotopic (exact) mass is 255 g/mol. The Kier molecular flexibility index (Phi) is 2.49. The van der Waals surface area contributed by atoms with Crippen molar-refractivity contribution in [3.05, 3.63) is 52.7 Å². The van der Waals surface area contributed by atoms with Crippen LogP contribution in [0, 0.1) is 6.92 Å². The van der Waals surface area contributed by atoms with Crippen LogP contribution in [-0.4, -0.2) is 19.7 Å². The van der Waals surface area contributed by atoms with Gasteiger partial charge < -0.3 is 10.7 Å². The molecule has 2 heterocycles. The summed E-state index contributed by atoms with van der Waals surface area (Å²) in [5, 5.41) is 6.78. The lowest BCUT2D eigenvalue weighted by molar-refractivity contribution is 0.949. The fourth-order valence-electron chi connectivity index (χ4n) is 2.13. The molecule has 0 atom stereocenters. The molecular formula is C13H13N5O. The van der Waals surface area contributed by atoms with Crippen LogP contribution in [0.2, 0.25) is 0 Å². The summed E-state index contributed by atoms with van der Waals surface area (Å²) in [7, 11) is 0. The highest BCUT2D eigenvalue weighted by atomic mass is 16.1. The molecule has 0 saturated carbocycles. The third-order valence-corrected chi connectivity index (χ3v) is 2.99. The van der Waals surface area contributed by atoms with E-state index in [1.54, 1.807) is 16.8 Å². The van der Waals surface area contributed by atoms with E-state index in [9.17, 15) is 4.79 Å². The number of aryl methyl sites for hydroxylation is 1. The molecule has 6 nitrogen and oxygen atoms in total. The summed E-state index contributed by atoms with van der Waals surface area (Å²) >= 11 is 0. The van der Waals surface area contributed by atoms with Crippen LogP contribution in [0.15, 0.2) is 41.3 Å². The molecule has 0 aliphatic carbocycles. The van der Waals surface area contributed by atoms with Gasteiger partial charge in [0.15, 0.2) is 0 Å². The van der Waals surface area contributed by atoms with Gasteiger partial charge >= 0.3 is 5.69 Å². The first-order chi connectivity index (χ1) is 9.16. The van der Waals surface area contributed by atoms with Crippen molar-refractivity contribution in [3.63, 3.8) is 0 Å². The summed E-state index contributed by atoms with van der Waals surface area (Å²) in [6, 6.07) is 9.34. The lowest BCUT2D eigenvalue weighted by atomic mass is 10.1. The van der Waals surface area contributed by atoms with Crippen molar-refractivity contribution in [1.29, 1.82) is 0 Å². The molecule has 2 aromatic heterocycles. The molecular weight excluding hydrogens is 242 g/mol. The number of aromatic nitrogens is 4. The Morgan fingerprint density at radius 3 is 2.74 bits per heavy atom. The number of para-hydroxylation sites is 1. The molecule has 0 spiro atoms. The van der Waals surface area contributed by atoms with Crippen LogP contribution >= 0.6 is 0 Å². The van der Waals surface area contributed by atoms with Crippen molar-refractivity contribution in [2.75, 3.05) is 5.73 Å². The Hall–Kier alpha value is -2.76. The molecule has 3 rings (SSSR count). The normalized spacial score (nSPS) is 10.8. The number of rotatable bonds is 2. The number of anilines is 1. The van der Waals surface area contributed by atoms with Crippen LogP contribution in [0.25, 0.3) is 16.9 Å². The van der Waals surface area contributed by atoms with Gasteiger partial charge in [0, 0.05) is 23.5 Å². The third-order valence-electron chi connectivity index (χ3n) is 2.99. The van der Waals surface area contributed by atoms with E-state index in [4.69, 9.17) is 5.73 Å². The van der Waals surface area contributed by atoms with Crippen molar-refractivity contribution in [3.8, 4) is 16.9 Å². The molecule has 6 heteroatoms. The number of nitrogens with zero attached hydrogens (tertiary/aromatic N) is 2. The summed E-state index contributed by atoms with van der Waals surface area (Å²) < 4.78 is 1.62. The molecule has 0 amide bonds. The summed E-state index contributed by atoms with van der Waals surface area (Å²) in [5.41, 5.74) is 8.73. The highest BCUT2D eigenvalue weighted by molar-refractivity contribution is 5.71. The van der Waals surface area contributed by atoms with Gasteiger partial charge in [-0.25, -0.2) is 4.79 Å².